The number of rotatable bonds is 5. The van der Waals surface area contributed by atoms with Gasteiger partial charge in [-0.1, -0.05) is 6.42 Å². The summed E-state index contributed by atoms with van der Waals surface area (Å²) in [5.41, 5.74) is 2.02. The molecule has 2 heterocycles. The third kappa shape index (κ3) is 4.12. The highest BCUT2D eigenvalue weighted by Gasteiger charge is 2.42. The predicted octanol–water partition coefficient (Wildman–Crippen LogP) is 4.56. The number of anilines is 1. The lowest BCUT2D eigenvalue weighted by molar-refractivity contribution is -0.117. The van der Waals surface area contributed by atoms with Crippen molar-refractivity contribution < 1.29 is 14.3 Å². The zero-order valence-corrected chi connectivity index (χ0v) is 16.7. The van der Waals surface area contributed by atoms with Gasteiger partial charge in [0.1, 0.15) is 0 Å². The first-order chi connectivity index (χ1) is 13.0. The number of hydrogen-bond donors (Lipinski definition) is 1. The van der Waals surface area contributed by atoms with Crippen LogP contribution >= 0.6 is 11.3 Å². The van der Waals surface area contributed by atoms with E-state index in [1.165, 1.54) is 16.9 Å². The molecule has 5 nitrogen and oxygen atoms in total. The third-order valence-electron chi connectivity index (χ3n) is 5.23. The SMILES string of the molecule is Cc1ccsc1CN(C)CC(=O)Nc1ccc2c(c1)OC1(CCCCC1)O2. The Morgan fingerprint density at radius 3 is 2.70 bits per heavy atom. The van der Waals surface area contributed by atoms with Crippen molar-refractivity contribution in [3.63, 3.8) is 0 Å². The first kappa shape index (κ1) is 18.3. The molecule has 6 heteroatoms. The molecule has 0 radical (unpaired) electrons. The Balaban J connectivity index is 1.34. The second-order valence-electron chi connectivity index (χ2n) is 7.58. The van der Waals surface area contributed by atoms with Gasteiger partial charge in [0.25, 0.3) is 5.79 Å². The molecule has 0 bridgehead atoms. The quantitative estimate of drug-likeness (QED) is 0.818. The number of nitrogens with zero attached hydrogens (tertiary/aromatic N) is 1. The summed E-state index contributed by atoms with van der Waals surface area (Å²) in [6.07, 6.45) is 5.36. The lowest BCUT2D eigenvalue weighted by atomic mass is 9.94. The number of aryl methyl sites for hydroxylation is 1. The Hall–Kier alpha value is -2.05. The van der Waals surface area contributed by atoms with Crippen molar-refractivity contribution in [2.75, 3.05) is 18.9 Å². The van der Waals surface area contributed by atoms with Crippen LogP contribution in [0.5, 0.6) is 11.5 Å². The second kappa shape index (κ2) is 7.52. The lowest BCUT2D eigenvalue weighted by Gasteiger charge is -2.31. The first-order valence-corrected chi connectivity index (χ1v) is 10.4. The topological polar surface area (TPSA) is 50.8 Å². The van der Waals surface area contributed by atoms with Crippen molar-refractivity contribution in [1.29, 1.82) is 0 Å². The Labute approximate surface area is 164 Å². The summed E-state index contributed by atoms with van der Waals surface area (Å²) in [5.74, 6) is 0.998. The van der Waals surface area contributed by atoms with Gasteiger partial charge in [0, 0.05) is 36.0 Å². The summed E-state index contributed by atoms with van der Waals surface area (Å²) in [6, 6.07) is 7.76. The minimum absolute atomic E-state index is 0.0297. The molecule has 1 fully saturated rings. The highest BCUT2D eigenvalue weighted by molar-refractivity contribution is 7.10. The van der Waals surface area contributed by atoms with Crippen LogP contribution in [0.2, 0.25) is 0 Å². The summed E-state index contributed by atoms with van der Waals surface area (Å²) in [7, 11) is 1.96. The van der Waals surface area contributed by atoms with E-state index in [1.807, 2.05) is 30.1 Å². The van der Waals surface area contributed by atoms with Crippen LogP contribution < -0.4 is 14.8 Å². The molecule has 1 aromatic carbocycles. The van der Waals surface area contributed by atoms with E-state index in [-0.39, 0.29) is 5.91 Å². The van der Waals surface area contributed by atoms with Gasteiger partial charge in [-0.3, -0.25) is 9.69 Å². The van der Waals surface area contributed by atoms with E-state index in [0.29, 0.717) is 6.54 Å². The molecule has 0 atom stereocenters. The largest absolute Gasteiger partial charge is 0.448 e. The number of carbonyl (C=O) groups is 1. The van der Waals surface area contributed by atoms with Crippen molar-refractivity contribution >= 4 is 22.9 Å². The van der Waals surface area contributed by atoms with Crippen molar-refractivity contribution in [2.24, 2.45) is 0 Å². The third-order valence-corrected chi connectivity index (χ3v) is 6.24. The molecule has 1 spiro atoms. The monoisotopic (exact) mass is 386 g/mol. The maximum Gasteiger partial charge on any atom is 0.251 e. The van der Waals surface area contributed by atoms with Crippen molar-refractivity contribution in [3.8, 4) is 11.5 Å². The standard InChI is InChI=1S/C21H26N2O3S/c1-15-8-11-27-19(15)13-23(2)14-20(24)22-16-6-7-17-18(12-16)26-21(25-17)9-4-3-5-10-21/h6-8,11-12H,3-5,9-10,13-14H2,1-2H3,(H,22,24). The Morgan fingerprint density at radius 2 is 1.96 bits per heavy atom. The molecule has 1 aromatic heterocycles. The second-order valence-corrected chi connectivity index (χ2v) is 8.58. The van der Waals surface area contributed by atoms with Gasteiger partial charge in [-0.2, -0.15) is 0 Å². The molecule has 1 N–H and O–H groups in total. The van der Waals surface area contributed by atoms with Gasteiger partial charge in [0.05, 0.1) is 6.54 Å². The minimum atomic E-state index is -0.484. The molecule has 2 aliphatic rings. The van der Waals surface area contributed by atoms with Crippen LogP contribution in [0.4, 0.5) is 5.69 Å². The Bertz CT molecular complexity index is 827. The summed E-state index contributed by atoms with van der Waals surface area (Å²) in [5, 5.41) is 5.06. The van der Waals surface area contributed by atoms with Crippen LogP contribution in [-0.4, -0.2) is 30.2 Å². The minimum Gasteiger partial charge on any atom is -0.448 e. The highest BCUT2D eigenvalue weighted by atomic mass is 32.1. The van der Waals surface area contributed by atoms with E-state index in [0.717, 1.165) is 49.4 Å². The fraction of sp³-hybridized carbons (Fsp3) is 0.476. The molecule has 27 heavy (non-hydrogen) atoms. The Morgan fingerprint density at radius 1 is 1.19 bits per heavy atom. The van der Waals surface area contributed by atoms with E-state index in [4.69, 9.17) is 9.47 Å². The van der Waals surface area contributed by atoms with Gasteiger partial charge < -0.3 is 14.8 Å². The van der Waals surface area contributed by atoms with Gasteiger partial charge in [0.15, 0.2) is 11.5 Å². The average Bonchev–Trinajstić information content (AvgIpc) is 3.18. The van der Waals surface area contributed by atoms with Crippen LogP contribution in [-0.2, 0) is 11.3 Å². The number of ether oxygens (including phenoxy) is 2. The zero-order valence-electron chi connectivity index (χ0n) is 15.9. The number of carbonyl (C=O) groups excluding carboxylic acids is 1. The maximum absolute atomic E-state index is 12.4. The molecule has 1 aliphatic heterocycles. The van der Waals surface area contributed by atoms with E-state index in [1.54, 1.807) is 11.3 Å². The van der Waals surface area contributed by atoms with E-state index < -0.39 is 5.79 Å². The zero-order chi connectivity index (χ0) is 18.9. The smallest absolute Gasteiger partial charge is 0.251 e. The number of thiophene rings is 1. The van der Waals surface area contributed by atoms with Gasteiger partial charge in [0.2, 0.25) is 5.91 Å². The summed E-state index contributed by atoms with van der Waals surface area (Å²) in [6.45, 7) is 3.22. The molecule has 1 amide bonds. The molecule has 1 aliphatic carbocycles. The maximum atomic E-state index is 12.4. The number of amides is 1. The van der Waals surface area contributed by atoms with Crippen molar-refractivity contribution in [1.82, 2.24) is 4.90 Å². The van der Waals surface area contributed by atoms with Gasteiger partial charge in [-0.05, 0) is 56.0 Å². The molecular formula is C21H26N2O3S. The van der Waals surface area contributed by atoms with Crippen LogP contribution in [0.3, 0.4) is 0 Å². The number of likely N-dealkylation sites (N-methyl/N-ethyl adjacent to an activating group) is 1. The lowest BCUT2D eigenvalue weighted by Crippen LogP contribution is -2.40. The summed E-state index contributed by atoms with van der Waals surface area (Å²) < 4.78 is 12.2. The summed E-state index contributed by atoms with van der Waals surface area (Å²) >= 11 is 1.73. The normalized spacial score (nSPS) is 17.4. The van der Waals surface area contributed by atoms with Crippen LogP contribution in [0.1, 0.15) is 42.5 Å². The van der Waals surface area contributed by atoms with E-state index in [9.17, 15) is 4.79 Å². The highest BCUT2D eigenvalue weighted by Crippen LogP contribution is 2.46. The molecule has 144 valence electrons. The van der Waals surface area contributed by atoms with Gasteiger partial charge in [-0.15, -0.1) is 11.3 Å². The molecule has 0 saturated heterocycles. The van der Waals surface area contributed by atoms with Crippen LogP contribution in [0.25, 0.3) is 0 Å². The van der Waals surface area contributed by atoms with Gasteiger partial charge >= 0.3 is 0 Å². The predicted molar refractivity (Wildman–Crippen MR) is 108 cm³/mol. The van der Waals surface area contributed by atoms with Gasteiger partial charge in [-0.25, -0.2) is 0 Å². The fourth-order valence-corrected chi connectivity index (χ4v) is 4.76. The van der Waals surface area contributed by atoms with Crippen LogP contribution in [0, 0.1) is 6.92 Å². The number of benzene rings is 1. The number of nitrogens with one attached hydrogen (secondary N) is 1. The molecular weight excluding hydrogens is 360 g/mol. The molecule has 2 aromatic rings. The molecule has 0 unspecified atom stereocenters. The number of hydrogen-bond acceptors (Lipinski definition) is 5. The van der Waals surface area contributed by atoms with Crippen molar-refractivity contribution in [2.45, 2.75) is 51.4 Å². The van der Waals surface area contributed by atoms with Crippen molar-refractivity contribution in [3.05, 3.63) is 40.1 Å². The number of fused-ring (bicyclic) bond motifs is 1. The van der Waals surface area contributed by atoms with E-state index >= 15 is 0 Å². The molecule has 1 saturated carbocycles. The first-order valence-electron chi connectivity index (χ1n) is 9.56. The Kier molecular flexibility index (Phi) is 5.10. The average molecular weight is 387 g/mol. The molecule has 4 rings (SSSR count). The summed E-state index contributed by atoms with van der Waals surface area (Å²) in [4.78, 5) is 15.7. The van der Waals surface area contributed by atoms with Crippen LogP contribution in [0.15, 0.2) is 29.6 Å². The fourth-order valence-electron chi connectivity index (χ4n) is 3.78. The van der Waals surface area contributed by atoms with E-state index in [2.05, 4.69) is 23.7 Å².